The SMILES string of the molecule is CC1CC(CN)CN1C(=O)c1ccccc1-c1ncc(-c2ccccc2)o1. The minimum Gasteiger partial charge on any atom is -0.436 e. The van der Waals surface area contributed by atoms with E-state index < -0.39 is 0 Å². The number of benzene rings is 2. The average Bonchev–Trinajstić information content (AvgIpc) is 3.35. The Balaban J connectivity index is 1.66. The number of hydrogen-bond donors (Lipinski definition) is 1. The summed E-state index contributed by atoms with van der Waals surface area (Å²) in [4.78, 5) is 19.5. The van der Waals surface area contributed by atoms with Gasteiger partial charge in [-0.1, -0.05) is 42.5 Å². The van der Waals surface area contributed by atoms with Crippen LogP contribution in [0.3, 0.4) is 0 Å². The van der Waals surface area contributed by atoms with Crippen LogP contribution in [0.2, 0.25) is 0 Å². The Morgan fingerprint density at radius 2 is 1.93 bits per heavy atom. The van der Waals surface area contributed by atoms with Gasteiger partial charge in [-0.25, -0.2) is 4.98 Å². The zero-order chi connectivity index (χ0) is 18.8. The fourth-order valence-corrected chi connectivity index (χ4v) is 3.74. The minimum atomic E-state index is 0.00788. The molecule has 2 heterocycles. The van der Waals surface area contributed by atoms with Gasteiger partial charge in [-0.2, -0.15) is 0 Å². The Labute approximate surface area is 158 Å². The predicted octanol–water partition coefficient (Wildman–Crippen LogP) is 3.82. The largest absolute Gasteiger partial charge is 0.436 e. The quantitative estimate of drug-likeness (QED) is 0.767. The molecule has 1 amide bonds. The van der Waals surface area contributed by atoms with Gasteiger partial charge in [-0.3, -0.25) is 4.79 Å². The standard InChI is InChI=1S/C22H23N3O2/c1-15-11-16(12-23)14-25(15)22(26)19-10-6-5-9-18(19)21-24-13-20(27-21)17-7-3-2-4-8-17/h2-10,13,15-16H,11-12,14,23H2,1H3. The smallest absolute Gasteiger partial charge is 0.254 e. The van der Waals surface area contributed by atoms with Gasteiger partial charge in [0.25, 0.3) is 5.91 Å². The molecule has 0 spiro atoms. The van der Waals surface area contributed by atoms with E-state index >= 15 is 0 Å². The molecule has 1 fully saturated rings. The maximum Gasteiger partial charge on any atom is 0.254 e. The molecule has 0 radical (unpaired) electrons. The molecule has 0 bridgehead atoms. The summed E-state index contributed by atoms with van der Waals surface area (Å²) in [5.74, 6) is 1.52. The highest BCUT2D eigenvalue weighted by atomic mass is 16.4. The van der Waals surface area contributed by atoms with Crippen LogP contribution in [0.5, 0.6) is 0 Å². The topological polar surface area (TPSA) is 72.4 Å². The molecule has 27 heavy (non-hydrogen) atoms. The summed E-state index contributed by atoms with van der Waals surface area (Å²) in [5.41, 5.74) is 8.10. The van der Waals surface area contributed by atoms with Crippen LogP contribution in [0.4, 0.5) is 0 Å². The van der Waals surface area contributed by atoms with Gasteiger partial charge in [0.15, 0.2) is 5.76 Å². The molecule has 5 heteroatoms. The molecule has 1 aromatic heterocycles. The van der Waals surface area contributed by atoms with E-state index in [1.165, 1.54) is 0 Å². The van der Waals surface area contributed by atoms with Crippen molar-refractivity contribution in [2.45, 2.75) is 19.4 Å². The van der Waals surface area contributed by atoms with E-state index in [2.05, 4.69) is 11.9 Å². The monoisotopic (exact) mass is 361 g/mol. The molecule has 0 aliphatic carbocycles. The second-order valence-electron chi connectivity index (χ2n) is 7.09. The number of aromatic nitrogens is 1. The molecule has 0 saturated carbocycles. The minimum absolute atomic E-state index is 0.00788. The number of likely N-dealkylation sites (tertiary alicyclic amines) is 1. The summed E-state index contributed by atoms with van der Waals surface area (Å²) < 4.78 is 5.98. The van der Waals surface area contributed by atoms with Gasteiger partial charge in [0, 0.05) is 23.7 Å². The molecule has 2 unspecified atom stereocenters. The predicted molar refractivity (Wildman–Crippen MR) is 105 cm³/mol. The molecule has 5 nitrogen and oxygen atoms in total. The zero-order valence-electron chi connectivity index (χ0n) is 15.3. The lowest BCUT2D eigenvalue weighted by atomic mass is 10.1. The number of carbonyl (C=O) groups excluding carboxylic acids is 1. The maximum absolute atomic E-state index is 13.2. The number of amides is 1. The fourth-order valence-electron chi connectivity index (χ4n) is 3.74. The second-order valence-corrected chi connectivity index (χ2v) is 7.09. The first-order valence-electron chi connectivity index (χ1n) is 9.29. The lowest BCUT2D eigenvalue weighted by Crippen LogP contribution is -2.34. The highest BCUT2D eigenvalue weighted by molar-refractivity contribution is 6.00. The Morgan fingerprint density at radius 1 is 1.19 bits per heavy atom. The van der Waals surface area contributed by atoms with Crippen LogP contribution in [-0.2, 0) is 0 Å². The molecular formula is C22H23N3O2. The van der Waals surface area contributed by atoms with Crippen molar-refractivity contribution in [3.05, 3.63) is 66.4 Å². The molecule has 1 aliphatic heterocycles. The molecule has 3 aromatic rings. The van der Waals surface area contributed by atoms with E-state index in [9.17, 15) is 4.79 Å². The molecule has 2 atom stereocenters. The number of oxazole rings is 1. The lowest BCUT2D eigenvalue weighted by Gasteiger charge is -2.22. The normalized spacial score (nSPS) is 19.4. The third kappa shape index (κ3) is 3.38. The fraction of sp³-hybridized carbons (Fsp3) is 0.273. The maximum atomic E-state index is 13.2. The Kier molecular flexibility index (Phi) is 4.77. The summed E-state index contributed by atoms with van der Waals surface area (Å²) in [7, 11) is 0. The summed E-state index contributed by atoms with van der Waals surface area (Å²) in [6, 6.07) is 17.5. The number of nitrogens with zero attached hydrogens (tertiary/aromatic N) is 2. The van der Waals surface area contributed by atoms with E-state index in [-0.39, 0.29) is 11.9 Å². The van der Waals surface area contributed by atoms with Crippen molar-refractivity contribution in [2.24, 2.45) is 11.7 Å². The van der Waals surface area contributed by atoms with E-state index in [4.69, 9.17) is 10.2 Å². The van der Waals surface area contributed by atoms with Gasteiger partial charge in [0.05, 0.1) is 11.8 Å². The summed E-state index contributed by atoms with van der Waals surface area (Å²) in [6.45, 7) is 3.39. The Hall–Kier alpha value is -2.92. The first-order valence-corrected chi connectivity index (χ1v) is 9.29. The van der Waals surface area contributed by atoms with Crippen LogP contribution in [0.15, 0.2) is 65.2 Å². The van der Waals surface area contributed by atoms with E-state index in [0.717, 1.165) is 12.0 Å². The average molecular weight is 361 g/mol. The summed E-state index contributed by atoms with van der Waals surface area (Å²) in [6.07, 6.45) is 2.65. The second kappa shape index (κ2) is 7.37. The third-order valence-electron chi connectivity index (χ3n) is 5.21. The molecule has 2 aromatic carbocycles. The van der Waals surface area contributed by atoms with Gasteiger partial charge in [-0.05, 0) is 37.9 Å². The molecule has 1 saturated heterocycles. The van der Waals surface area contributed by atoms with Crippen LogP contribution in [0.25, 0.3) is 22.8 Å². The zero-order valence-corrected chi connectivity index (χ0v) is 15.3. The number of hydrogen-bond acceptors (Lipinski definition) is 4. The number of rotatable bonds is 4. The van der Waals surface area contributed by atoms with E-state index in [1.54, 1.807) is 6.20 Å². The van der Waals surface area contributed by atoms with Gasteiger partial charge in [-0.15, -0.1) is 0 Å². The van der Waals surface area contributed by atoms with Crippen molar-refractivity contribution in [3.8, 4) is 22.8 Å². The first kappa shape index (κ1) is 17.5. The van der Waals surface area contributed by atoms with Crippen molar-refractivity contribution < 1.29 is 9.21 Å². The van der Waals surface area contributed by atoms with Gasteiger partial charge >= 0.3 is 0 Å². The van der Waals surface area contributed by atoms with Crippen molar-refractivity contribution in [1.29, 1.82) is 0 Å². The summed E-state index contributed by atoms with van der Waals surface area (Å²) >= 11 is 0. The Bertz CT molecular complexity index is 935. The van der Waals surface area contributed by atoms with Gasteiger partial charge < -0.3 is 15.1 Å². The van der Waals surface area contributed by atoms with Crippen molar-refractivity contribution >= 4 is 5.91 Å². The molecule has 1 aliphatic rings. The van der Waals surface area contributed by atoms with Crippen molar-refractivity contribution in [2.75, 3.05) is 13.1 Å². The van der Waals surface area contributed by atoms with E-state index in [0.29, 0.717) is 41.8 Å². The van der Waals surface area contributed by atoms with Crippen molar-refractivity contribution in [3.63, 3.8) is 0 Å². The van der Waals surface area contributed by atoms with Crippen molar-refractivity contribution in [1.82, 2.24) is 9.88 Å². The lowest BCUT2D eigenvalue weighted by molar-refractivity contribution is 0.0744. The van der Waals surface area contributed by atoms with Crippen LogP contribution >= 0.6 is 0 Å². The number of carbonyl (C=O) groups is 1. The van der Waals surface area contributed by atoms with Crippen LogP contribution in [0.1, 0.15) is 23.7 Å². The molecule has 138 valence electrons. The van der Waals surface area contributed by atoms with Crippen LogP contribution in [-0.4, -0.2) is 34.9 Å². The van der Waals surface area contributed by atoms with Crippen LogP contribution < -0.4 is 5.73 Å². The number of nitrogens with two attached hydrogens (primary N) is 1. The van der Waals surface area contributed by atoms with E-state index in [1.807, 2.05) is 59.5 Å². The third-order valence-corrected chi connectivity index (χ3v) is 5.21. The molecule has 4 rings (SSSR count). The first-order chi connectivity index (χ1) is 13.2. The highest BCUT2D eigenvalue weighted by Gasteiger charge is 2.33. The Morgan fingerprint density at radius 3 is 2.67 bits per heavy atom. The van der Waals surface area contributed by atoms with Crippen LogP contribution in [0, 0.1) is 5.92 Å². The summed E-state index contributed by atoms with van der Waals surface area (Å²) in [5, 5.41) is 0. The van der Waals surface area contributed by atoms with Gasteiger partial charge in [0.2, 0.25) is 5.89 Å². The highest BCUT2D eigenvalue weighted by Crippen LogP contribution is 2.31. The molecule has 2 N–H and O–H groups in total. The van der Waals surface area contributed by atoms with Gasteiger partial charge in [0.1, 0.15) is 0 Å². The molecular weight excluding hydrogens is 338 g/mol.